The third kappa shape index (κ3) is 4.45. The summed E-state index contributed by atoms with van der Waals surface area (Å²) in [5, 5.41) is -0.547. The molecule has 5 nitrogen and oxygen atoms in total. The van der Waals surface area contributed by atoms with Gasteiger partial charge in [0.2, 0.25) is 0 Å². The summed E-state index contributed by atoms with van der Waals surface area (Å²) < 4.78 is 40.3. The van der Waals surface area contributed by atoms with Crippen LogP contribution in [-0.2, 0) is 6.54 Å². The van der Waals surface area contributed by atoms with Crippen LogP contribution in [0, 0.1) is 11.6 Å². The van der Waals surface area contributed by atoms with Crippen LogP contribution in [0.1, 0.15) is 5.56 Å². The van der Waals surface area contributed by atoms with Crippen molar-refractivity contribution >= 4 is 29.4 Å². The lowest BCUT2D eigenvalue weighted by molar-refractivity contribution is 0.391. The molecule has 146 valence electrons. The molecule has 2 aromatic carbocycles. The van der Waals surface area contributed by atoms with Gasteiger partial charge in [0.1, 0.15) is 34.5 Å². The fraction of sp³-hybridized carbons (Fsp3) is 0.158. The first kappa shape index (κ1) is 20.2. The maximum Gasteiger partial charge on any atom is 0.160 e. The minimum absolute atomic E-state index is 0.164. The fourth-order valence-electron chi connectivity index (χ4n) is 2.43. The summed E-state index contributed by atoms with van der Waals surface area (Å²) in [5.41, 5.74) is 0.822. The summed E-state index contributed by atoms with van der Waals surface area (Å²) >= 11 is 6.76. The molecule has 0 N–H and O–H groups in total. The van der Waals surface area contributed by atoms with Gasteiger partial charge in [-0.3, -0.25) is 4.31 Å². The Hall–Kier alpha value is -2.58. The van der Waals surface area contributed by atoms with Gasteiger partial charge in [-0.05, 0) is 42.3 Å². The Labute approximate surface area is 170 Å². The predicted molar refractivity (Wildman–Crippen MR) is 105 cm³/mol. The number of rotatable bonds is 7. The van der Waals surface area contributed by atoms with E-state index in [1.165, 1.54) is 12.4 Å². The highest BCUT2D eigenvalue weighted by Gasteiger charge is 2.19. The lowest BCUT2D eigenvalue weighted by Gasteiger charge is -2.23. The Morgan fingerprint density at radius 3 is 2.61 bits per heavy atom. The van der Waals surface area contributed by atoms with E-state index in [0.29, 0.717) is 23.9 Å². The molecule has 9 heteroatoms. The molecular weight excluding hydrogens is 408 g/mol. The third-order valence-corrected chi connectivity index (χ3v) is 5.23. The highest BCUT2D eigenvalue weighted by Crippen LogP contribution is 2.36. The van der Waals surface area contributed by atoms with Crippen LogP contribution in [0.5, 0.6) is 11.5 Å². The average molecular weight is 424 g/mol. The van der Waals surface area contributed by atoms with E-state index >= 15 is 0 Å². The molecule has 0 aliphatic heterocycles. The van der Waals surface area contributed by atoms with Gasteiger partial charge in [-0.15, -0.1) is 0 Å². The number of benzene rings is 2. The van der Waals surface area contributed by atoms with Gasteiger partial charge >= 0.3 is 0 Å². The summed E-state index contributed by atoms with van der Waals surface area (Å²) in [4.78, 5) is 8.30. The van der Waals surface area contributed by atoms with E-state index < -0.39 is 16.7 Å². The second-order valence-electron chi connectivity index (χ2n) is 5.55. The van der Waals surface area contributed by atoms with E-state index in [-0.39, 0.29) is 4.90 Å². The molecule has 0 fully saturated rings. The van der Waals surface area contributed by atoms with Crippen molar-refractivity contribution in [3.8, 4) is 11.5 Å². The predicted octanol–water partition coefficient (Wildman–Crippen LogP) is 5.14. The molecule has 1 aromatic heterocycles. The molecule has 0 aliphatic rings. The minimum atomic E-state index is -0.826. The molecular formula is C19H16ClF2N3O2S. The monoisotopic (exact) mass is 423 g/mol. The SMILES string of the molecule is COc1ccc(CN(Sc2ccc(F)c(Cl)c2F)c2ccncn2)c(OC)c1. The zero-order valence-electron chi connectivity index (χ0n) is 15.0. The van der Waals surface area contributed by atoms with E-state index in [9.17, 15) is 8.78 Å². The number of hydrogen-bond donors (Lipinski definition) is 0. The van der Waals surface area contributed by atoms with Gasteiger partial charge < -0.3 is 9.47 Å². The Bertz CT molecular complexity index is 963. The Kier molecular flexibility index (Phi) is 6.53. The largest absolute Gasteiger partial charge is 0.497 e. The van der Waals surface area contributed by atoms with Crippen LogP contribution < -0.4 is 13.8 Å². The average Bonchev–Trinajstić information content (AvgIpc) is 2.74. The Morgan fingerprint density at radius 1 is 1.11 bits per heavy atom. The second kappa shape index (κ2) is 9.07. The molecule has 28 heavy (non-hydrogen) atoms. The molecule has 0 atom stereocenters. The van der Waals surface area contributed by atoms with E-state index in [2.05, 4.69) is 9.97 Å². The summed E-state index contributed by atoms with van der Waals surface area (Å²) in [6.07, 6.45) is 2.97. The summed E-state index contributed by atoms with van der Waals surface area (Å²) in [7, 11) is 3.12. The van der Waals surface area contributed by atoms with Crippen molar-refractivity contribution < 1.29 is 18.3 Å². The first-order valence-electron chi connectivity index (χ1n) is 8.09. The van der Waals surface area contributed by atoms with Crippen molar-refractivity contribution in [3.05, 3.63) is 71.1 Å². The molecule has 0 amide bonds. The summed E-state index contributed by atoms with van der Waals surface area (Å²) in [6, 6.07) is 9.55. The topological polar surface area (TPSA) is 47.5 Å². The number of methoxy groups -OCH3 is 2. The molecule has 3 aromatic rings. The smallest absolute Gasteiger partial charge is 0.160 e. The van der Waals surface area contributed by atoms with Crippen LogP contribution in [0.15, 0.2) is 53.8 Å². The third-order valence-electron chi connectivity index (χ3n) is 3.84. The molecule has 3 rings (SSSR count). The minimum Gasteiger partial charge on any atom is -0.497 e. The molecule has 0 radical (unpaired) electrons. The van der Waals surface area contributed by atoms with Gasteiger partial charge in [-0.25, -0.2) is 18.7 Å². The van der Waals surface area contributed by atoms with Gasteiger partial charge in [-0.1, -0.05) is 11.6 Å². The van der Waals surface area contributed by atoms with Crippen molar-refractivity contribution in [2.75, 3.05) is 18.5 Å². The van der Waals surface area contributed by atoms with Crippen molar-refractivity contribution in [2.45, 2.75) is 11.4 Å². The van der Waals surface area contributed by atoms with Gasteiger partial charge in [-0.2, -0.15) is 0 Å². The quantitative estimate of drug-likeness (QED) is 0.387. The number of halogens is 3. The summed E-state index contributed by atoms with van der Waals surface area (Å²) in [6.45, 7) is 0.323. The van der Waals surface area contributed by atoms with Gasteiger partial charge in [0, 0.05) is 17.8 Å². The lowest BCUT2D eigenvalue weighted by Crippen LogP contribution is -2.16. The van der Waals surface area contributed by atoms with E-state index in [1.807, 2.05) is 6.07 Å². The number of anilines is 1. The molecule has 0 bridgehead atoms. The molecule has 0 unspecified atom stereocenters. The van der Waals surface area contributed by atoms with E-state index in [0.717, 1.165) is 23.6 Å². The lowest BCUT2D eigenvalue weighted by atomic mass is 10.2. The van der Waals surface area contributed by atoms with E-state index in [4.69, 9.17) is 21.1 Å². The number of ether oxygens (including phenoxy) is 2. The molecule has 0 spiro atoms. The Morgan fingerprint density at radius 2 is 1.93 bits per heavy atom. The highest BCUT2D eigenvalue weighted by atomic mass is 35.5. The van der Waals surface area contributed by atoms with Crippen LogP contribution >= 0.6 is 23.5 Å². The number of nitrogens with zero attached hydrogens (tertiary/aromatic N) is 3. The zero-order valence-corrected chi connectivity index (χ0v) is 16.6. The molecule has 0 saturated heterocycles. The summed E-state index contributed by atoms with van der Waals surface area (Å²) in [5.74, 6) is 0.161. The number of aromatic nitrogens is 2. The van der Waals surface area contributed by atoms with Crippen LogP contribution in [0.2, 0.25) is 5.02 Å². The van der Waals surface area contributed by atoms with E-state index in [1.54, 1.807) is 42.9 Å². The van der Waals surface area contributed by atoms with Crippen LogP contribution in [0.3, 0.4) is 0 Å². The normalized spacial score (nSPS) is 10.6. The fourth-order valence-corrected chi connectivity index (χ4v) is 3.60. The maximum atomic E-state index is 14.4. The van der Waals surface area contributed by atoms with Crippen molar-refractivity contribution in [2.24, 2.45) is 0 Å². The molecule has 0 aliphatic carbocycles. The number of hydrogen-bond acceptors (Lipinski definition) is 6. The molecule has 0 saturated carbocycles. The van der Waals surface area contributed by atoms with Crippen LogP contribution in [0.4, 0.5) is 14.6 Å². The maximum absolute atomic E-state index is 14.4. The van der Waals surface area contributed by atoms with Crippen molar-refractivity contribution in [1.82, 2.24) is 9.97 Å². The zero-order chi connectivity index (χ0) is 20.1. The van der Waals surface area contributed by atoms with Crippen LogP contribution in [-0.4, -0.2) is 24.2 Å². The Balaban J connectivity index is 1.96. The van der Waals surface area contributed by atoms with Crippen LogP contribution in [0.25, 0.3) is 0 Å². The van der Waals surface area contributed by atoms with Gasteiger partial charge in [0.15, 0.2) is 5.82 Å². The van der Waals surface area contributed by atoms with Gasteiger partial charge in [0.25, 0.3) is 0 Å². The van der Waals surface area contributed by atoms with Crippen molar-refractivity contribution in [1.29, 1.82) is 0 Å². The van der Waals surface area contributed by atoms with Gasteiger partial charge in [0.05, 0.1) is 25.7 Å². The second-order valence-corrected chi connectivity index (χ2v) is 6.99. The standard InChI is InChI=1S/C19H16ClF2N3O2S/c1-26-13-4-3-12(15(9-13)27-2)10-25(17-7-8-23-11-24-17)28-16-6-5-14(21)18(20)19(16)22/h3-9,11H,10H2,1-2H3. The van der Waals surface area contributed by atoms with Crippen molar-refractivity contribution in [3.63, 3.8) is 0 Å². The first-order valence-corrected chi connectivity index (χ1v) is 9.24. The highest BCUT2D eigenvalue weighted by molar-refractivity contribution is 8.00. The first-order chi connectivity index (χ1) is 13.5. The molecule has 1 heterocycles.